The Labute approximate surface area is 145 Å². The molecule has 0 aliphatic rings. The molecule has 2 amide bonds. The van der Waals surface area contributed by atoms with Crippen molar-refractivity contribution < 1.29 is 4.79 Å². The van der Waals surface area contributed by atoms with Gasteiger partial charge in [-0.15, -0.1) is 0 Å². The number of anilines is 1. The van der Waals surface area contributed by atoms with E-state index >= 15 is 0 Å². The second-order valence-corrected chi connectivity index (χ2v) is 6.55. The summed E-state index contributed by atoms with van der Waals surface area (Å²) >= 11 is 0. The summed E-state index contributed by atoms with van der Waals surface area (Å²) in [6, 6.07) is 8.02. The molecule has 0 radical (unpaired) electrons. The maximum atomic E-state index is 11.7. The van der Waals surface area contributed by atoms with Crippen LogP contribution in [0.2, 0.25) is 0 Å². The lowest BCUT2D eigenvalue weighted by atomic mass is 10.1. The summed E-state index contributed by atoms with van der Waals surface area (Å²) in [4.78, 5) is 15.9. The Hall–Kier alpha value is -2.24. The second kappa shape index (κ2) is 9.80. The average Bonchev–Trinajstić information content (AvgIpc) is 2.51. The Morgan fingerprint density at radius 2 is 1.67 bits per heavy atom. The molecular weight excluding hydrogens is 302 g/mol. The fraction of sp³-hybridized carbons (Fsp3) is 0.556. The maximum absolute atomic E-state index is 11.7. The van der Waals surface area contributed by atoms with Crippen molar-refractivity contribution in [1.82, 2.24) is 16.0 Å². The van der Waals surface area contributed by atoms with E-state index in [1.165, 1.54) is 0 Å². The fourth-order valence-electron chi connectivity index (χ4n) is 1.90. The highest BCUT2D eigenvalue weighted by Crippen LogP contribution is 2.09. The van der Waals surface area contributed by atoms with Crippen LogP contribution in [0.1, 0.15) is 40.2 Å². The van der Waals surface area contributed by atoms with Crippen LogP contribution in [0.4, 0.5) is 10.5 Å². The van der Waals surface area contributed by atoms with Crippen molar-refractivity contribution in [2.75, 3.05) is 12.4 Å². The van der Waals surface area contributed by atoms with Gasteiger partial charge in [-0.3, -0.25) is 4.99 Å². The van der Waals surface area contributed by atoms with E-state index in [4.69, 9.17) is 0 Å². The van der Waals surface area contributed by atoms with Crippen LogP contribution >= 0.6 is 0 Å². The summed E-state index contributed by atoms with van der Waals surface area (Å²) in [7, 11) is 1.77. The number of nitrogens with zero attached hydrogens (tertiary/aromatic N) is 1. The van der Waals surface area contributed by atoms with E-state index < -0.39 is 0 Å². The van der Waals surface area contributed by atoms with Gasteiger partial charge in [0.05, 0.1) is 0 Å². The second-order valence-electron chi connectivity index (χ2n) is 6.55. The number of aliphatic imine (C=N–C) groups is 1. The Bertz CT molecular complexity index is 537. The van der Waals surface area contributed by atoms with Crippen molar-refractivity contribution in [1.29, 1.82) is 0 Å². The molecule has 0 aliphatic carbocycles. The number of rotatable bonds is 6. The lowest BCUT2D eigenvalue weighted by Crippen LogP contribution is -2.43. The fourth-order valence-corrected chi connectivity index (χ4v) is 1.90. The van der Waals surface area contributed by atoms with Gasteiger partial charge in [0.2, 0.25) is 0 Å². The molecule has 24 heavy (non-hydrogen) atoms. The van der Waals surface area contributed by atoms with Crippen molar-refractivity contribution in [3.63, 3.8) is 0 Å². The standard InChI is InChI=1S/C18H31N5O/c1-12(2)14(5)22-17(19-6)20-11-15-7-9-16(10-8-15)23-18(24)21-13(3)4/h7-10,12-14H,11H2,1-6H3,(H2,19,20,22)(H2,21,23,24). The Morgan fingerprint density at radius 1 is 1.04 bits per heavy atom. The van der Waals surface area contributed by atoms with Crippen molar-refractivity contribution in [2.24, 2.45) is 10.9 Å². The Balaban J connectivity index is 2.50. The van der Waals surface area contributed by atoms with E-state index in [0.29, 0.717) is 18.5 Å². The quantitative estimate of drug-likeness (QED) is 0.477. The predicted molar refractivity (Wildman–Crippen MR) is 101 cm³/mol. The summed E-state index contributed by atoms with van der Waals surface area (Å²) in [5.41, 5.74) is 1.89. The average molecular weight is 333 g/mol. The summed E-state index contributed by atoms with van der Waals surface area (Å²) in [5.74, 6) is 1.32. The lowest BCUT2D eigenvalue weighted by molar-refractivity contribution is 0.250. The summed E-state index contributed by atoms with van der Waals surface area (Å²) in [6.07, 6.45) is 0. The molecule has 0 aromatic heterocycles. The smallest absolute Gasteiger partial charge is 0.319 e. The highest BCUT2D eigenvalue weighted by Gasteiger charge is 2.09. The van der Waals surface area contributed by atoms with Gasteiger partial charge in [-0.25, -0.2) is 4.79 Å². The molecule has 4 N–H and O–H groups in total. The van der Waals surface area contributed by atoms with Crippen LogP contribution in [0.3, 0.4) is 0 Å². The van der Waals surface area contributed by atoms with E-state index in [1.807, 2.05) is 38.1 Å². The largest absolute Gasteiger partial charge is 0.354 e. The monoisotopic (exact) mass is 333 g/mol. The molecule has 0 aliphatic heterocycles. The molecule has 6 heteroatoms. The van der Waals surface area contributed by atoms with Crippen molar-refractivity contribution in [3.8, 4) is 0 Å². The van der Waals surface area contributed by atoms with Crippen molar-refractivity contribution in [3.05, 3.63) is 29.8 Å². The molecule has 0 saturated heterocycles. The highest BCUT2D eigenvalue weighted by molar-refractivity contribution is 5.89. The van der Waals surface area contributed by atoms with Gasteiger partial charge in [0.1, 0.15) is 0 Å². The van der Waals surface area contributed by atoms with Gasteiger partial charge < -0.3 is 21.3 Å². The van der Waals surface area contributed by atoms with Crippen LogP contribution in [-0.4, -0.2) is 31.1 Å². The number of hydrogen-bond donors (Lipinski definition) is 4. The molecule has 1 atom stereocenters. The zero-order chi connectivity index (χ0) is 18.1. The minimum absolute atomic E-state index is 0.112. The minimum Gasteiger partial charge on any atom is -0.354 e. The number of amides is 2. The number of carbonyl (C=O) groups is 1. The zero-order valence-corrected chi connectivity index (χ0v) is 15.6. The lowest BCUT2D eigenvalue weighted by Gasteiger charge is -2.20. The normalized spacial score (nSPS) is 12.9. The number of carbonyl (C=O) groups excluding carboxylic acids is 1. The van der Waals surface area contributed by atoms with Crippen molar-refractivity contribution in [2.45, 2.75) is 53.2 Å². The third-order valence-corrected chi connectivity index (χ3v) is 3.68. The number of benzene rings is 1. The molecule has 0 bridgehead atoms. The van der Waals surface area contributed by atoms with E-state index in [2.05, 4.69) is 47.0 Å². The molecular formula is C18H31N5O. The van der Waals surface area contributed by atoms with Gasteiger partial charge in [0, 0.05) is 31.4 Å². The summed E-state index contributed by atoms with van der Waals surface area (Å²) in [5, 5.41) is 12.3. The van der Waals surface area contributed by atoms with Gasteiger partial charge in [-0.05, 0) is 44.4 Å². The maximum Gasteiger partial charge on any atom is 0.319 e. The molecule has 0 spiro atoms. The van der Waals surface area contributed by atoms with Crippen molar-refractivity contribution >= 4 is 17.7 Å². The van der Waals surface area contributed by atoms with Gasteiger partial charge in [0.15, 0.2) is 5.96 Å². The predicted octanol–water partition coefficient (Wildman–Crippen LogP) is 2.93. The highest BCUT2D eigenvalue weighted by atomic mass is 16.2. The van der Waals surface area contributed by atoms with Crippen LogP contribution in [0.25, 0.3) is 0 Å². The van der Waals surface area contributed by atoms with E-state index in [9.17, 15) is 4.79 Å². The van der Waals surface area contributed by atoms with Crippen LogP contribution < -0.4 is 21.3 Å². The van der Waals surface area contributed by atoms with Crippen LogP contribution in [-0.2, 0) is 6.54 Å². The summed E-state index contributed by atoms with van der Waals surface area (Å²) in [6.45, 7) is 11.0. The topological polar surface area (TPSA) is 77.5 Å². The molecule has 134 valence electrons. The number of nitrogens with one attached hydrogen (secondary N) is 4. The first kappa shape index (κ1) is 19.8. The molecule has 0 heterocycles. The first-order chi connectivity index (χ1) is 11.3. The molecule has 0 fully saturated rings. The summed E-state index contributed by atoms with van der Waals surface area (Å²) < 4.78 is 0. The van der Waals surface area contributed by atoms with Crippen LogP contribution in [0.15, 0.2) is 29.3 Å². The first-order valence-electron chi connectivity index (χ1n) is 8.45. The zero-order valence-electron chi connectivity index (χ0n) is 15.6. The van der Waals surface area contributed by atoms with E-state index in [0.717, 1.165) is 17.2 Å². The first-order valence-corrected chi connectivity index (χ1v) is 8.45. The third kappa shape index (κ3) is 7.35. The Morgan fingerprint density at radius 3 is 2.17 bits per heavy atom. The van der Waals surface area contributed by atoms with Gasteiger partial charge in [-0.1, -0.05) is 26.0 Å². The molecule has 0 saturated carbocycles. The van der Waals surface area contributed by atoms with Crippen LogP contribution in [0.5, 0.6) is 0 Å². The molecule has 1 unspecified atom stereocenters. The minimum atomic E-state index is -0.192. The van der Waals surface area contributed by atoms with E-state index in [-0.39, 0.29) is 12.1 Å². The number of hydrogen-bond acceptors (Lipinski definition) is 2. The van der Waals surface area contributed by atoms with Crippen LogP contribution in [0, 0.1) is 5.92 Å². The molecule has 1 rings (SSSR count). The Kier molecular flexibility index (Phi) is 8.09. The molecule has 1 aromatic carbocycles. The van der Waals surface area contributed by atoms with E-state index in [1.54, 1.807) is 7.05 Å². The SMILES string of the molecule is CN=C(NCc1ccc(NC(=O)NC(C)C)cc1)NC(C)C(C)C. The third-order valence-electron chi connectivity index (χ3n) is 3.68. The van der Waals surface area contributed by atoms with Gasteiger partial charge >= 0.3 is 6.03 Å². The van der Waals surface area contributed by atoms with Gasteiger partial charge in [-0.2, -0.15) is 0 Å². The number of urea groups is 1. The molecule has 1 aromatic rings. The van der Waals surface area contributed by atoms with Gasteiger partial charge in [0.25, 0.3) is 0 Å². The number of guanidine groups is 1. The molecule has 6 nitrogen and oxygen atoms in total.